The molecular weight excluding hydrogens is 248 g/mol. The lowest BCUT2D eigenvalue weighted by atomic mass is 9.99. The van der Waals surface area contributed by atoms with Gasteiger partial charge in [-0.3, -0.25) is 0 Å². The Hall–Kier alpha value is -0.350. The normalized spacial score (nSPS) is 48.1. The lowest BCUT2D eigenvalue weighted by Crippen LogP contribution is -2.20. The molecule has 0 amide bonds. The molecule has 0 spiro atoms. The molecule has 3 unspecified atom stereocenters. The molecule has 0 aromatic heterocycles. The Bertz CT molecular complexity index is 349. The number of rotatable bonds is 1. The maximum absolute atomic E-state index is 11.5. The summed E-state index contributed by atoms with van der Waals surface area (Å²) < 4.78 is 11.4. The van der Waals surface area contributed by atoms with E-state index in [0.29, 0.717) is 23.3 Å². The SMILES string of the molecule is COC(=O)C1=C(Br)[C@H]2O[C@@H]1C1C(C)C12. The average molecular weight is 259 g/mol. The molecule has 0 aromatic rings. The van der Waals surface area contributed by atoms with Gasteiger partial charge in [0.25, 0.3) is 0 Å². The van der Waals surface area contributed by atoms with Crippen LogP contribution >= 0.6 is 15.9 Å². The molecule has 0 N–H and O–H groups in total. The summed E-state index contributed by atoms with van der Waals surface area (Å²) in [5, 5.41) is 0. The quantitative estimate of drug-likeness (QED) is 0.669. The fourth-order valence-corrected chi connectivity index (χ4v) is 3.72. The van der Waals surface area contributed by atoms with E-state index in [2.05, 4.69) is 22.9 Å². The Morgan fingerprint density at radius 2 is 2.07 bits per heavy atom. The second-order valence-electron chi connectivity index (χ2n) is 4.24. The van der Waals surface area contributed by atoms with E-state index in [9.17, 15) is 4.79 Å². The van der Waals surface area contributed by atoms with Gasteiger partial charge in [-0.15, -0.1) is 0 Å². The summed E-state index contributed by atoms with van der Waals surface area (Å²) in [6, 6.07) is 0. The minimum absolute atomic E-state index is 0.0122. The number of halogens is 1. The topological polar surface area (TPSA) is 35.5 Å². The van der Waals surface area contributed by atoms with Crippen molar-refractivity contribution in [2.24, 2.45) is 17.8 Å². The molecular formula is C10H11BrO3. The molecule has 1 aliphatic carbocycles. The van der Waals surface area contributed by atoms with Gasteiger partial charge in [-0.25, -0.2) is 4.79 Å². The Labute approximate surface area is 90.6 Å². The van der Waals surface area contributed by atoms with Crippen LogP contribution in [0, 0.1) is 17.8 Å². The van der Waals surface area contributed by atoms with Crippen molar-refractivity contribution in [1.82, 2.24) is 0 Å². The van der Waals surface area contributed by atoms with Gasteiger partial charge < -0.3 is 9.47 Å². The second kappa shape index (κ2) is 2.61. The molecule has 0 aromatic carbocycles. The van der Waals surface area contributed by atoms with E-state index >= 15 is 0 Å². The minimum atomic E-state index is -0.248. The number of carbonyl (C=O) groups is 1. The molecule has 1 saturated carbocycles. The van der Waals surface area contributed by atoms with Crippen LogP contribution in [0.4, 0.5) is 0 Å². The highest BCUT2D eigenvalue weighted by Gasteiger charge is 2.68. The molecule has 3 rings (SSSR count). The van der Waals surface area contributed by atoms with E-state index in [-0.39, 0.29) is 18.2 Å². The summed E-state index contributed by atoms with van der Waals surface area (Å²) in [5.74, 6) is 1.62. The van der Waals surface area contributed by atoms with Crippen molar-refractivity contribution in [2.75, 3.05) is 7.11 Å². The van der Waals surface area contributed by atoms with E-state index in [1.54, 1.807) is 0 Å². The Kier molecular flexibility index (Phi) is 1.66. The van der Waals surface area contributed by atoms with Gasteiger partial charge in [0, 0.05) is 4.48 Å². The van der Waals surface area contributed by atoms with Gasteiger partial charge in [-0.1, -0.05) is 22.9 Å². The van der Waals surface area contributed by atoms with Crippen LogP contribution < -0.4 is 0 Å². The van der Waals surface area contributed by atoms with Crippen molar-refractivity contribution < 1.29 is 14.3 Å². The fourth-order valence-electron chi connectivity index (χ4n) is 2.92. The van der Waals surface area contributed by atoms with Crippen LogP contribution in [0.15, 0.2) is 10.1 Å². The maximum Gasteiger partial charge on any atom is 0.337 e. The number of hydrogen-bond donors (Lipinski definition) is 0. The molecule has 2 bridgehead atoms. The number of fused-ring (bicyclic) bond motifs is 5. The molecule has 14 heavy (non-hydrogen) atoms. The number of carbonyl (C=O) groups excluding carboxylic acids is 1. The first-order valence-corrected chi connectivity index (χ1v) is 5.59. The molecule has 2 aliphatic heterocycles. The summed E-state index contributed by atoms with van der Waals surface area (Å²) in [4.78, 5) is 11.5. The van der Waals surface area contributed by atoms with Crippen LogP contribution in [0.2, 0.25) is 0 Å². The van der Waals surface area contributed by atoms with Gasteiger partial charge in [0.1, 0.15) is 0 Å². The summed E-state index contributed by atoms with van der Waals surface area (Å²) in [6.45, 7) is 2.22. The molecule has 0 radical (unpaired) electrons. The third-order valence-corrected chi connectivity index (χ3v) is 4.59. The van der Waals surface area contributed by atoms with E-state index in [1.165, 1.54) is 7.11 Å². The molecule has 2 heterocycles. The maximum atomic E-state index is 11.5. The van der Waals surface area contributed by atoms with Gasteiger partial charge in [0.15, 0.2) is 0 Å². The van der Waals surface area contributed by atoms with E-state index in [0.717, 1.165) is 4.48 Å². The third-order valence-electron chi connectivity index (χ3n) is 3.71. The predicted octanol–water partition coefficient (Wildman–Crippen LogP) is 1.47. The van der Waals surface area contributed by atoms with Crippen LogP contribution in [0.1, 0.15) is 6.92 Å². The largest absolute Gasteiger partial charge is 0.466 e. The van der Waals surface area contributed by atoms with Gasteiger partial charge in [0.05, 0.1) is 24.9 Å². The van der Waals surface area contributed by atoms with E-state index in [4.69, 9.17) is 9.47 Å². The van der Waals surface area contributed by atoms with Crippen LogP contribution in [0.5, 0.6) is 0 Å². The molecule has 3 aliphatic rings. The highest BCUT2D eigenvalue weighted by molar-refractivity contribution is 9.11. The first-order chi connectivity index (χ1) is 6.66. The summed E-state index contributed by atoms with van der Waals surface area (Å²) in [5.41, 5.74) is 0.711. The third kappa shape index (κ3) is 0.841. The first kappa shape index (κ1) is 8.92. The van der Waals surface area contributed by atoms with Crippen LogP contribution in [-0.4, -0.2) is 25.3 Å². The summed E-state index contributed by atoms with van der Waals surface area (Å²) >= 11 is 3.45. The van der Waals surface area contributed by atoms with E-state index in [1.807, 2.05) is 0 Å². The molecule has 4 heteroatoms. The molecule has 76 valence electrons. The van der Waals surface area contributed by atoms with Crippen LogP contribution in [0.25, 0.3) is 0 Å². The smallest absolute Gasteiger partial charge is 0.337 e. The summed E-state index contributed by atoms with van der Waals surface area (Å²) in [6.07, 6.45) is 0.107. The molecule has 5 atom stereocenters. The lowest BCUT2D eigenvalue weighted by Gasteiger charge is -2.10. The zero-order chi connectivity index (χ0) is 10.0. The van der Waals surface area contributed by atoms with Crippen LogP contribution in [0.3, 0.4) is 0 Å². The van der Waals surface area contributed by atoms with Crippen molar-refractivity contribution in [3.63, 3.8) is 0 Å². The molecule has 1 saturated heterocycles. The zero-order valence-electron chi connectivity index (χ0n) is 7.99. The van der Waals surface area contributed by atoms with Crippen molar-refractivity contribution in [2.45, 2.75) is 19.1 Å². The van der Waals surface area contributed by atoms with Crippen molar-refractivity contribution in [3.8, 4) is 0 Å². The van der Waals surface area contributed by atoms with E-state index < -0.39 is 0 Å². The minimum Gasteiger partial charge on any atom is -0.466 e. The van der Waals surface area contributed by atoms with Gasteiger partial charge in [-0.05, 0) is 17.8 Å². The average Bonchev–Trinajstić information content (AvgIpc) is 2.60. The number of esters is 1. The van der Waals surface area contributed by atoms with Gasteiger partial charge in [-0.2, -0.15) is 0 Å². The number of ether oxygens (including phenoxy) is 2. The van der Waals surface area contributed by atoms with Crippen LogP contribution in [-0.2, 0) is 14.3 Å². The Morgan fingerprint density at radius 3 is 2.71 bits per heavy atom. The van der Waals surface area contributed by atoms with Crippen molar-refractivity contribution >= 4 is 21.9 Å². The highest BCUT2D eigenvalue weighted by atomic mass is 79.9. The second-order valence-corrected chi connectivity index (χ2v) is 5.10. The summed E-state index contributed by atoms with van der Waals surface area (Å²) in [7, 11) is 1.41. The predicted molar refractivity (Wildman–Crippen MR) is 52.8 cm³/mol. The Morgan fingerprint density at radius 1 is 1.43 bits per heavy atom. The standard InChI is InChI=1S/C10H11BrO3/c1-3-4-5(3)9-7(11)6(8(4)14-9)10(12)13-2/h3-5,8-9H,1-2H3/t3?,4?,5?,8-,9+/m1/s1. The molecule has 2 fully saturated rings. The number of hydrogen-bond acceptors (Lipinski definition) is 3. The van der Waals surface area contributed by atoms with Gasteiger partial charge in [0.2, 0.25) is 0 Å². The Balaban J connectivity index is 1.97. The lowest BCUT2D eigenvalue weighted by molar-refractivity contribution is -0.137. The molecule has 3 nitrogen and oxygen atoms in total. The zero-order valence-corrected chi connectivity index (χ0v) is 9.58. The van der Waals surface area contributed by atoms with Gasteiger partial charge >= 0.3 is 5.97 Å². The van der Waals surface area contributed by atoms with Crippen molar-refractivity contribution in [1.29, 1.82) is 0 Å². The highest BCUT2D eigenvalue weighted by Crippen LogP contribution is 2.65. The first-order valence-electron chi connectivity index (χ1n) is 4.80. The number of methoxy groups -OCH3 is 1. The fraction of sp³-hybridized carbons (Fsp3) is 0.700. The van der Waals surface area contributed by atoms with Crippen molar-refractivity contribution in [3.05, 3.63) is 10.1 Å². The monoisotopic (exact) mass is 258 g/mol.